The van der Waals surface area contributed by atoms with Gasteiger partial charge < -0.3 is 4.90 Å². The predicted octanol–water partition coefficient (Wildman–Crippen LogP) is 7.59. The highest BCUT2D eigenvalue weighted by Gasteiger charge is 1.97. The molecule has 0 aliphatic heterocycles. The minimum absolute atomic E-state index is 1.29. The Bertz CT molecular complexity index is 202. The first-order valence-electron chi connectivity index (χ1n) is 11.0. The van der Waals surface area contributed by atoms with Crippen molar-refractivity contribution in [2.24, 2.45) is 0 Å². The second kappa shape index (κ2) is 20.0. The van der Waals surface area contributed by atoms with Gasteiger partial charge in [0.15, 0.2) is 0 Å². The van der Waals surface area contributed by atoms with Crippen LogP contribution in [0.25, 0.3) is 0 Å². The van der Waals surface area contributed by atoms with E-state index >= 15 is 0 Å². The summed E-state index contributed by atoms with van der Waals surface area (Å²) in [5, 5.41) is 0. The Hall–Kier alpha value is -0.0400. The highest BCUT2D eigenvalue weighted by atomic mass is 15.1. The van der Waals surface area contributed by atoms with E-state index in [9.17, 15) is 0 Å². The van der Waals surface area contributed by atoms with Crippen LogP contribution in [0.2, 0.25) is 0 Å². The van der Waals surface area contributed by atoms with Crippen molar-refractivity contribution in [1.29, 1.82) is 0 Å². The fraction of sp³-hybridized carbons (Fsp3) is 1.00. The van der Waals surface area contributed by atoms with Crippen LogP contribution in [0, 0.1) is 0 Å². The van der Waals surface area contributed by atoms with Gasteiger partial charge in [-0.1, -0.05) is 110 Å². The molecule has 23 heavy (non-hydrogen) atoms. The third-order valence-electron chi connectivity index (χ3n) is 5.04. The normalized spacial score (nSPS) is 11.5. The second-order valence-electron chi connectivity index (χ2n) is 7.61. The van der Waals surface area contributed by atoms with Gasteiger partial charge in [0, 0.05) is 0 Å². The van der Waals surface area contributed by atoms with Crippen LogP contribution in [0.3, 0.4) is 0 Å². The van der Waals surface area contributed by atoms with Crippen molar-refractivity contribution in [3.05, 3.63) is 0 Å². The zero-order valence-corrected chi connectivity index (χ0v) is 16.9. The maximum atomic E-state index is 2.51. The van der Waals surface area contributed by atoms with Crippen molar-refractivity contribution >= 4 is 0 Å². The lowest BCUT2D eigenvalue weighted by atomic mass is 10.0. The third kappa shape index (κ3) is 19.9. The Morgan fingerprint density at radius 3 is 1.09 bits per heavy atom. The summed E-state index contributed by atoms with van der Waals surface area (Å²) >= 11 is 0. The Kier molecular flexibility index (Phi) is 20.0. The van der Waals surface area contributed by atoms with Crippen LogP contribution in [0.15, 0.2) is 0 Å². The molecule has 0 unspecified atom stereocenters. The molecule has 0 aromatic rings. The van der Waals surface area contributed by atoms with Crippen LogP contribution in [0.1, 0.15) is 123 Å². The van der Waals surface area contributed by atoms with Crippen molar-refractivity contribution in [2.75, 3.05) is 20.1 Å². The number of unbranched alkanes of at least 4 members (excludes halogenated alkanes) is 15. The van der Waals surface area contributed by atoms with Gasteiger partial charge in [-0.05, 0) is 33.0 Å². The van der Waals surface area contributed by atoms with E-state index in [0.29, 0.717) is 0 Å². The largest absolute Gasteiger partial charge is 0.306 e. The van der Waals surface area contributed by atoms with Gasteiger partial charge in [-0.3, -0.25) is 0 Å². The molecule has 0 rings (SSSR count). The SMILES string of the molecule is CCCCCCCCCCCCCCCCCN(C)CCCC. The maximum Gasteiger partial charge on any atom is -0.00218 e. The first kappa shape index (κ1) is 23.0. The summed E-state index contributed by atoms with van der Waals surface area (Å²) < 4.78 is 0. The summed E-state index contributed by atoms with van der Waals surface area (Å²) in [4.78, 5) is 2.51. The van der Waals surface area contributed by atoms with E-state index in [-0.39, 0.29) is 0 Å². The van der Waals surface area contributed by atoms with E-state index in [2.05, 4.69) is 25.8 Å². The Balaban J connectivity index is 3.02. The topological polar surface area (TPSA) is 3.24 Å². The fourth-order valence-electron chi connectivity index (χ4n) is 3.29. The average Bonchev–Trinajstić information content (AvgIpc) is 2.56. The molecule has 1 nitrogen and oxygen atoms in total. The molecule has 140 valence electrons. The number of hydrogen-bond donors (Lipinski definition) is 0. The van der Waals surface area contributed by atoms with Crippen LogP contribution in [-0.4, -0.2) is 25.0 Å². The van der Waals surface area contributed by atoms with Crippen LogP contribution in [-0.2, 0) is 0 Å². The van der Waals surface area contributed by atoms with Gasteiger partial charge in [-0.25, -0.2) is 0 Å². The molecule has 0 spiro atoms. The maximum absolute atomic E-state index is 2.51. The lowest BCUT2D eigenvalue weighted by molar-refractivity contribution is 0.318. The standard InChI is InChI=1S/C22H47N/c1-4-6-8-9-10-11-12-13-14-15-16-17-18-19-20-22-23(3)21-7-5-2/h4-22H2,1-3H3. The van der Waals surface area contributed by atoms with Crippen LogP contribution in [0.4, 0.5) is 0 Å². The molecule has 0 atom stereocenters. The smallest absolute Gasteiger partial charge is 0.00218 e. The van der Waals surface area contributed by atoms with Crippen molar-refractivity contribution < 1.29 is 0 Å². The Morgan fingerprint density at radius 1 is 0.391 bits per heavy atom. The molecule has 1 heteroatoms. The molecule has 0 aromatic carbocycles. The quantitative estimate of drug-likeness (QED) is 0.221. The summed E-state index contributed by atoms with van der Waals surface area (Å²) in [6.45, 7) is 7.17. The van der Waals surface area contributed by atoms with Gasteiger partial charge in [0.25, 0.3) is 0 Å². The predicted molar refractivity (Wildman–Crippen MR) is 107 cm³/mol. The van der Waals surface area contributed by atoms with Gasteiger partial charge in [-0.15, -0.1) is 0 Å². The van der Waals surface area contributed by atoms with Crippen molar-refractivity contribution in [3.63, 3.8) is 0 Å². The molecule has 0 N–H and O–H groups in total. The van der Waals surface area contributed by atoms with Gasteiger partial charge in [0.1, 0.15) is 0 Å². The van der Waals surface area contributed by atoms with Gasteiger partial charge in [0.2, 0.25) is 0 Å². The van der Waals surface area contributed by atoms with Gasteiger partial charge in [-0.2, -0.15) is 0 Å². The Morgan fingerprint density at radius 2 is 0.696 bits per heavy atom. The minimum Gasteiger partial charge on any atom is -0.306 e. The number of nitrogens with zero attached hydrogens (tertiary/aromatic N) is 1. The highest BCUT2D eigenvalue weighted by molar-refractivity contribution is 4.53. The molecular weight excluding hydrogens is 278 g/mol. The van der Waals surface area contributed by atoms with Crippen molar-refractivity contribution in [2.45, 2.75) is 123 Å². The van der Waals surface area contributed by atoms with E-state index in [4.69, 9.17) is 0 Å². The first-order chi connectivity index (χ1) is 11.3. The third-order valence-corrected chi connectivity index (χ3v) is 5.04. The van der Waals surface area contributed by atoms with Gasteiger partial charge in [0.05, 0.1) is 0 Å². The zero-order chi connectivity index (χ0) is 17.0. The summed E-state index contributed by atoms with van der Waals surface area (Å²) in [6.07, 6.45) is 24.5. The number of hydrogen-bond acceptors (Lipinski definition) is 1. The van der Waals surface area contributed by atoms with Crippen molar-refractivity contribution in [1.82, 2.24) is 4.90 Å². The first-order valence-corrected chi connectivity index (χ1v) is 11.0. The van der Waals surface area contributed by atoms with Crippen LogP contribution in [0.5, 0.6) is 0 Å². The van der Waals surface area contributed by atoms with E-state index in [1.54, 1.807) is 0 Å². The molecule has 0 aromatic heterocycles. The zero-order valence-electron chi connectivity index (χ0n) is 16.9. The summed E-state index contributed by atoms with van der Waals surface area (Å²) in [5.74, 6) is 0. The van der Waals surface area contributed by atoms with Crippen molar-refractivity contribution in [3.8, 4) is 0 Å². The van der Waals surface area contributed by atoms with Crippen LogP contribution >= 0.6 is 0 Å². The summed E-state index contributed by atoms with van der Waals surface area (Å²) in [5.41, 5.74) is 0. The van der Waals surface area contributed by atoms with Gasteiger partial charge >= 0.3 is 0 Å². The molecule has 0 amide bonds. The second-order valence-corrected chi connectivity index (χ2v) is 7.61. The lowest BCUT2D eigenvalue weighted by Crippen LogP contribution is -2.20. The molecule has 0 radical (unpaired) electrons. The fourth-order valence-corrected chi connectivity index (χ4v) is 3.29. The average molecular weight is 326 g/mol. The van der Waals surface area contributed by atoms with Crippen LogP contribution < -0.4 is 0 Å². The molecule has 0 saturated carbocycles. The van der Waals surface area contributed by atoms with E-state index in [1.807, 2.05) is 0 Å². The lowest BCUT2D eigenvalue weighted by Gasteiger charge is -2.15. The number of rotatable bonds is 19. The molecule has 0 heterocycles. The molecule has 0 aliphatic rings. The van der Waals surface area contributed by atoms with E-state index in [1.165, 1.54) is 122 Å². The monoisotopic (exact) mass is 325 g/mol. The Labute approximate surface area is 148 Å². The summed E-state index contributed by atoms with van der Waals surface area (Å²) in [7, 11) is 2.28. The summed E-state index contributed by atoms with van der Waals surface area (Å²) in [6, 6.07) is 0. The molecule has 0 aliphatic carbocycles. The molecule has 0 fully saturated rings. The molecular formula is C22H47N. The highest BCUT2D eigenvalue weighted by Crippen LogP contribution is 2.13. The molecule has 0 saturated heterocycles. The van der Waals surface area contributed by atoms with E-state index in [0.717, 1.165) is 0 Å². The minimum atomic E-state index is 1.29. The molecule has 0 bridgehead atoms. The van der Waals surface area contributed by atoms with E-state index < -0.39 is 0 Å².